The molecule has 0 bridgehead atoms. The van der Waals surface area contributed by atoms with E-state index in [1.165, 1.54) is 16.8 Å². The molecule has 0 aliphatic rings. The number of ether oxygens (including phenoxy) is 1. The first-order chi connectivity index (χ1) is 7.60. The Morgan fingerprint density at radius 2 is 2.00 bits per heavy atom. The quantitative estimate of drug-likeness (QED) is 0.793. The number of benzene rings is 1. The van der Waals surface area contributed by atoms with Crippen molar-refractivity contribution in [1.29, 1.82) is 0 Å². The second kappa shape index (κ2) is 6.04. The first-order valence-electron chi connectivity index (χ1n) is 5.57. The molecule has 1 aromatic carbocycles. The number of hydrogen-bond acceptors (Lipinski definition) is 3. The zero-order chi connectivity index (χ0) is 12.1. The Morgan fingerprint density at radius 1 is 1.31 bits per heavy atom. The van der Waals surface area contributed by atoms with Crippen LogP contribution in [0.1, 0.15) is 17.5 Å². The summed E-state index contributed by atoms with van der Waals surface area (Å²) in [5.41, 5.74) is 3.69. The maximum absolute atomic E-state index is 5.45. The van der Waals surface area contributed by atoms with Gasteiger partial charge in [0, 0.05) is 13.6 Å². The molecule has 0 aromatic heterocycles. The van der Waals surface area contributed by atoms with Gasteiger partial charge in [0.15, 0.2) is 0 Å². The van der Waals surface area contributed by atoms with E-state index < -0.39 is 0 Å². The third-order valence-corrected chi connectivity index (χ3v) is 2.98. The van der Waals surface area contributed by atoms with Crippen LogP contribution in [-0.2, 0) is 0 Å². The molecule has 0 amide bonds. The predicted octanol–water partition coefficient (Wildman–Crippen LogP) is 3.07. The first-order valence-corrected chi connectivity index (χ1v) is 6.20. The monoisotopic (exact) mass is 239 g/mol. The number of nitrogens with zero attached hydrogens (tertiary/aromatic N) is 1. The normalized spacial score (nSPS) is 10.3. The van der Waals surface area contributed by atoms with Crippen molar-refractivity contribution in [3.8, 4) is 5.75 Å². The Bertz CT molecular complexity index is 352. The standard InChI is InChI=1S/C13H21NOS/c1-10-8-11(2)13(12(9-10)15-4)14(3)6-5-7-16/h8-9,16H,5-7H2,1-4H3. The Hall–Kier alpha value is -0.830. The zero-order valence-electron chi connectivity index (χ0n) is 10.6. The first kappa shape index (κ1) is 13.2. The van der Waals surface area contributed by atoms with E-state index in [1.807, 2.05) is 0 Å². The highest BCUT2D eigenvalue weighted by molar-refractivity contribution is 7.80. The summed E-state index contributed by atoms with van der Waals surface area (Å²) in [7, 11) is 3.83. The van der Waals surface area contributed by atoms with E-state index in [2.05, 4.69) is 50.6 Å². The van der Waals surface area contributed by atoms with Crippen molar-refractivity contribution in [1.82, 2.24) is 0 Å². The van der Waals surface area contributed by atoms with Gasteiger partial charge < -0.3 is 9.64 Å². The summed E-state index contributed by atoms with van der Waals surface area (Å²) >= 11 is 4.24. The topological polar surface area (TPSA) is 12.5 Å². The van der Waals surface area contributed by atoms with E-state index in [-0.39, 0.29) is 0 Å². The maximum Gasteiger partial charge on any atom is 0.142 e. The molecule has 0 aliphatic heterocycles. The summed E-state index contributed by atoms with van der Waals surface area (Å²) in [4.78, 5) is 2.24. The fraction of sp³-hybridized carbons (Fsp3) is 0.538. The van der Waals surface area contributed by atoms with E-state index in [9.17, 15) is 0 Å². The molecule has 0 aliphatic carbocycles. The highest BCUT2D eigenvalue weighted by atomic mass is 32.1. The van der Waals surface area contributed by atoms with Crippen LogP contribution in [0.3, 0.4) is 0 Å². The molecule has 0 atom stereocenters. The average molecular weight is 239 g/mol. The van der Waals surface area contributed by atoms with Crippen molar-refractivity contribution < 1.29 is 4.74 Å². The molecule has 1 aromatic rings. The predicted molar refractivity (Wildman–Crippen MR) is 74.2 cm³/mol. The lowest BCUT2D eigenvalue weighted by Gasteiger charge is -2.24. The third-order valence-electron chi connectivity index (χ3n) is 2.66. The van der Waals surface area contributed by atoms with Gasteiger partial charge in [-0.2, -0.15) is 12.6 Å². The fourth-order valence-corrected chi connectivity index (χ4v) is 2.13. The van der Waals surface area contributed by atoms with Gasteiger partial charge in [0.25, 0.3) is 0 Å². The molecule has 0 spiro atoms. The summed E-state index contributed by atoms with van der Waals surface area (Å²) in [5, 5.41) is 0. The lowest BCUT2D eigenvalue weighted by atomic mass is 10.1. The van der Waals surface area contributed by atoms with Gasteiger partial charge in [-0.1, -0.05) is 6.07 Å². The fourth-order valence-electron chi connectivity index (χ4n) is 1.99. The second-order valence-corrected chi connectivity index (χ2v) is 4.58. The number of rotatable bonds is 5. The van der Waals surface area contributed by atoms with Crippen LogP contribution >= 0.6 is 12.6 Å². The van der Waals surface area contributed by atoms with Gasteiger partial charge in [-0.05, 0) is 43.2 Å². The Balaban J connectivity index is 3.01. The van der Waals surface area contributed by atoms with Crippen LogP contribution in [0.5, 0.6) is 5.75 Å². The molecule has 0 saturated carbocycles. The van der Waals surface area contributed by atoms with Crippen LogP contribution in [0.15, 0.2) is 12.1 Å². The van der Waals surface area contributed by atoms with Crippen LogP contribution in [0.25, 0.3) is 0 Å². The van der Waals surface area contributed by atoms with E-state index in [1.54, 1.807) is 7.11 Å². The van der Waals surface area contributed by atoms with E-state index in [4.69, 9.17) is 4.74 Å². The summed E-state index contributed by atoms with van der Waals surface area (Å²) in [6, 6.07) is 4.27. The largest absolute Gasteiger partial charge is 0.495 e. The molecule has 0 N–H and O–H groups in total. The van der Waals surface area contributed by atoms with E-state index >= 15 is 0 Å². The van der Waals surface area contributed by atoms with Crippen LogP contribution in [0, 0.1) is 13.8 Å². The van der Waals surface area contributed by atoms with Crippen LogP contribution in [0.4, 0.5) is 5.69 Å². The number of anilines is 1. The summed E-state index contributed by atoms with van der Waals surface area (Å²) in [6.45, 7) is 5.22. The van der Waals surface area contributed by atoms with E-state index in [0.29, 0.717) is 0 Å². The van der Waals surface area contributed by atoms with Crippen molar-refractivity contribution in [2.24, 2.45) is 0 Å². The minimum absolute atomic E-state index is 0.914. The van der Waals surface area contributed by atoms with Gasteiger partial charge in [0.1, 0.15) is 5.75 Å². The molecule has 0 heterocycles. The molecule has 0 fully saturated rings. The van der Waals surface area contributed by atoms with Crippen molar-refractivity contribution in [2.75, 3.05) is 31.4 Å². The molecular weight excluding hydrogens is 218 g/mol. The Morgan fingerprint density at radius 3 is 2.56 bits per heavy atom. The van der Waals surface area contributed by atoms with Gasteiger partial charge in [0.05, 0.1) is 12.8 Å². The number of thiol groups is 1. The molecule has 0 unspecified atom stereocenters. The van der Waals surface area contributed by atoms with Crippen LogP contribution in [0.2, 0.25) is 0 Å². The van der Waals surface area contributed by atoms with Crippen molar-refractivity contribution in [2.45, 2.75) is 20.3 Å². The SMILES string of the molecule is COc1cc(C)cc(C)c1N(C)CCCS. The molecule has 90 valence electrons. The molecule has 1 rings (SSSR count). The number of hydrogen-bond donors (Lipinski definition) is 1. The minimum Gasteiger partial charge on any atom is -0.495 e. The molecule has 0 saturated heterocycles. The minimum atomic E-state index is 0.914. The molecule has 0 radical (unpaired) electrons. The summed E-state index contributed by atoms with van der Waals surface area (Å²) in [6.07, 6.45) is 1.08. The number of aryl methyl sites for hydroxylation is 2. The average Bonchev–Trinajstić information content (AvgIpc) is 2.24. The Labute approximate surface area is 104 Å². The van der Waals surface area contributed by atoms with Crippen molar-refractivity contribution >= 4 is 18.3 Å². The number of methoxy groups -OCH3 is 1. The van der Waals surface area contributed by atoms with Gasteiger partial charge in [0.2, 0.25) is 0 Å². The smallest absolute Gasteiger partial charge is 0.142 e. The maximum atomic E-state index is 5.45. The lowest BCUT2D eigenvalue weighted by molar-refractivity contribution is 0.414. The summed E-state index contributed by atoms with van der Waals surface area (Å²) in [5.74, 6) is 1.87. The highest BCUT2D eigenvalue weighted by Crippen LogP contribution is 2.32. The molecule has 3 heteroatoms. The van der Waals surface area contributed by atoms with Gasteiger partial charge in [-0.25, -0.2) is 0 Å². The Kier molecular flexibility index (Phi) is 5.00. The lowest BCUT2D eigenvalue weighted by Crippen LogP contribution is -2.20. The highest BCUT2D eigenvalue weighted by Gasteiger charge is 2.11. The van der Waals surface area contributed by atoms with Gasteiger partial charge in [-0.15, -0.1) is 0 Å². The zero-order valence-corrected chi connectivity index (χ0v) is 11.5. The van der Waals surface area contributed by atoms with Crippen LogP contribution < -0.4 is 9.64 Å². The molecule has 2 nitrogen and oxygen atoms in total. The second-order valence-electron chi connectivity index (χ2n) is 4.13. The van der Waals surface area contributed by atoms with Crippen LogP contribution in [-0.4, -0.2) is 26.5 Å². The van der Waals surface area contributed by atoms with Crippen molar-refractivity contribution in [3.63, 3.8) is 0 Å². The van der Waals surface area contributed by atoms with Gasteiger partial charge >= 0.3 is 0 Å². The molecular formula is C13H21NOS. The van der Waals surface area contributed by atoms with E-state index in [0.717, 1.165) is 24.5 Å². The third kappa shape index (κ3) is 3.08. The molecule has 16 heavy (non-hydrogen) atoms. The van der Waals surface area contributed by atoms with Gasteiger partial charge in [-0.3, -0.25) is 0 Å². The summed E-state index contributed by atoms with van der Waals surface area (Å²) < 4.78 is 5.45. The van der Waals surface area contributed by atoms with Crippen molar-refractivity contribution in [3.05, 3.63) is 23.3 Å².